The van der Waals surface area contributed by atoms with E-state index in [1.165, 1.54) is 36.6 Å². The van der Waals surface area contributed by atoms with Gasteiger partial charge >= 0.3 is 0 Å². The van der Waals surface area contributed by atoms with E-state index < -0.39 is 0 Å². The average molecular weight is 427 g/mol. The van der Waals surface area contributed by atoms with Crippen LogP contribution in [0.1, 0.15) is 43.0 Å². The van der Waals surface area contributed by atoms with Crippen molar-refractivity contribution in [2.45, 2.75) is 51.1 Å². The van der Waals surface area contributed by atoms with Gasteiger partial charge in [0.1, 0.15) is 0 Å². The molecule has 2 aromatic carbocycles. The molecule has 0 amide bonds. The minimum Gasteiger partial charge on any atom is -0.343 e. The lowest BCUT2D eigenvalue weighted by Gasteiger charge is -2.33. The Labute approximate surface area is 188 Å². The summed E-state index contributed by atoms with van der Waals surface area (Å²) in [6, 6.07) is 16.8. The van der Waals surface area contributed by atoms with Crippen LogP contribution in [0.2, 0.25) is 0 Å². The number of benzene rings is 2. The van der Waals surface area contributed by atoms with E-state index in [-0.39, 0.29) is 11.6 Å². The van der Waals surface area contributed by atoms with Crippen LogP contribution >= 0.6 is 0 Å². The second-order valence-corrected chi connectivity index (χ2v) is 9.35. The molecule has 1 fully saturated rings. The Balaban J connectivity index is 1.16. The van der Waals surface area contributed by atoms with Crippen LogP contribution in [-0.2, 0) is 19.4 Å². The third-order valence-electron chi connectivity index (χ3n) is 7.57. The molecule has 0 spiro atoms. The molecule has 0 radical (unpaired) electrons. The smallest absolute Gasteiger partial charge is 0.261 e. The Kier molecular flexibility index (Phi) is 5.07. The molecule has 1 aliphatic heterocycles. The highest BCUT2D eigenvalue weighted by Gasteiger charge is 2.23. The summed E-state index contributed by atoms with van der Waals surface area (Å²) in [5.41, 5.74) is 5.45. The van der Waals surface area contributed by atoms with Gasteiger partial charge in [-0.3, -0.25) is 9.36 Å². The van der Waals surface area contributed by atoms with Crippen LogP contribution in [-0.4, -0.2) is 38.7 Å². The molecule has 164 valence electrons. The lowest BCUT2D eigenvalue weighted by atomic mass is 9.95. The maximum atomic E-state index is 13.0. The number of likely N-dealkylation sites (tertiary alicyclic amines) is 1. The van der Waals surface area contributed by atoms with Gasteiger partial charge in [0.15, 0.2) is 0 Å². The highest BCUT2D eigenvalue weighted by Crippen LogP contribution is 2.32. The number of fused-ring (bicyclic) bond motifs is 4. The zero-order chi connectivity index (χ0) is 21.5. The maximum Gasteiger partial charge on any atom is 0.261 e. The van der Waals surface area contributed by atoms with Crippen LogP contribution in [0.4, 0.5) is 0 Å². The predicted molar refractivity (Wildman–Crippen MR) is 129 cm³/mol. The summed E-state index contributed by atoms with van der Waals surface area (Å²) in [6.07, 6.45) is 8.83. The van der Waals surface area contributed by atoms with Gasteiger partial charge in [0.2, 0.25) is 0 Å². The molecular weight excluding hydrogens is 396 g/mol. The van der Waals surface area contributed by atoms with E-state index in [0.29, 0.717) is 0 Å². The van der Waals surface area contributed by atoms with Gasteiger partial charge in [-0.1, -0.05) is 30.3 Å². The van der Waals surface area contributed by atoms with E-state index in [2.05, 4.69) is 38.7 Å². The molecule has 32 heavy (non-hydrogen) atoms. The standard InChI is InChI=1S/C27H30N4O/c32-27-23-9-1-4-10-24(23)28-19-31(27)20-13-15-29(16-14-20)17-18-30-25-11-5-2-7-21(25)22-8-3-6-12-26(22)30/h1-2,4-5,7,9-11,19-20H,3,6,8,12-18H2. The van der Waals surface area contributed by atoms with Crippen molar-refractivity contribution < 1.29 is 0 Å². The summed E-state index contributed by atoms with van der Waals surface area (Å²) in [5.74, 6) is 0. The summed E-state index contributed by atoms with van der Waals surface area (Å²) in [4.78, 5) is 20.0. The van der Waals surface area contributed by atoms with Crippen molar-refractivity contribution >= 4 is 21.8 Å². The van der Waals surface area contributed by atoms with Crippen molar-refractivity contribution in [3.8, 4) is 0 Å². The van der Waals surface area contributed by atoms with Gasteiger partial charge in [0.05, 0.1) is 17.2 Å². The Morgan fingerprint density at radius 2 is 1.62 bits per heavy atom. The molecule has 0 N–H and O–H groups in total. The second kappa shape index (κ2) is 8.21. The first-order valence-electron chi connectivity index (χ1n) is 12.1. The number of piperidine rings is 1. The van der Waals surface area contributed by atoms with Crippen molar-refractivity contribution in [2.24, 2.45) is 0 Å². The van der Waals surface area contributed by atoms with Crippen LogP contribution in [0.15, 0.2) is 59.7 Å². The van der Waals surface area contributed by atoms with E-state index in [0.717, 1.165) is 49.9 Å². The number of nitrogens with zero attached hydrogens (tertiary/aromatic N) is 4. The highest BCUT2D eigenvalue weighted by molar-refractivity contribution is 5.85. The van der Waals surface area contributed by atoms with E-state index >= 15 is 0 Å². The molecule has 4 aromatic rings. The summed E-state index contributed by atoms with van der Waals surface area (Å²) in [6.45, 7) is 4.19. The number of hydrogen-bond acceptors (Lipinski definition) is 3. The van der Waals surface area contributed by atoms with Crippen molar-refractivity contribution in [1.82, 2.24) is 19.0 Å². The molecule has 0 saturated carbocycles. The number of aromatic nitrogens is 3. The molecule has 1 saturated heterocycles. The molecule has 0 unspecified atom stereocenters. The van der Waals surface area contributed by atoms with Crippen LogP contribution < -0.4 is 5.56 Å². The van der Waals surface area contributed by atoms with Gasteiger partial charge in [0, 0.05) is 48.8 Å². The van der Waals surface area contributed by atoms with Crippen molar-refractivity contribution in [2.75, 3.05) is 19.6 Å². The van der Waals surface area contributed by atoms with Gasteiger partial charge in [-0.05, 0) is 62.3 Å². The normalized spacial score (nSPS) is 17.8. The van der Waals surface area contributed by atoms with Gasteiger partial charge in [-0.25, -0.2) is 4.98 Å². The number of hydrogen-bond donors (Lipinski definition) is 0. The van der Waals surface area contributed by atoms with Gasteiger partial charge in [-0.2, -0.15) is 0 Å². The number of rotatable bonds is 4. The molecule has 5 heteroatoms. The number of para-hydroxylation sites is 2. The molecule has 0 bridgehead atoms. The first kappa shape index (κ1) is 19.7. The molecule has 0 atom stereocenters. The van der Waals surface area contributed by atoms with Crippen LogP contribution in [0.3, 0.4) is 0 Å². The maximum absolute atomic E-state index is 13.0. The van der Waals surface area contributed by atoms with E-state index in [1.807, 2.05) is 28.8 Å². The Hall–Kier alpha value is -2.92. The molecule has 2 aliphatic rings. The van der Waals surface area contributed by atoms with Gasteiger partial charge in [-0.15, -0.1) is 0 Å². The van der Waals surface area contributed by atoms with Gasteiger partial charge < -0.3 is 9.47 Å². The summed E-state index contributed by atoms with van der Waals surface area (Å²) >= 11 is 0. The van der Waals surface area contributed by atoms with Crippen molar-refractivity contribution in [1.29, 1.82) is 0 Å². The Bertz CT molecular complexity index is 1330. The van der Waals surface area contributed by atoms with Crippen LogP contribution in [0, 0.1) is 0 Å². The first-order chi connectivity index (χ1) is 15.8. The molecule has 2 aromatic heterocycles. The van der Waals surface area contributed by atoms with E-state index in [9.17, 15) is 4.79 Å². The fourth-order valence-corrected chi connectivity index (χ4v) is 5.85. The summed E-state index contributed by atoms with van der Waals surface area (Å²) in [7, 11) is 0. The lowest BCUT2D eigenvalue weighted by molar-refractivity contribution is 0.179. The van der Waals surface area contributed by atoms with Crippen molar-refractivity contribution in [3.05, 3.63) is 76.5 Å². The monoisotopic (exact) mass is 426 g/mol. The molecule has 6 rings (SSSR count). The summed E-state index contributed by atoms with van der Waals surface area (Å²) in [5, 5.41) is 2.19. The zero-order valence-electron chi connectivity index (χ0n) is 18.5. The first-order valence-corrected chi connectivity index (χ1v) is 12.1. The lowest BCUT2D eigenvalue weighted by Crippen LogP contribution is -2.39. The zero-order valence-corrected chi connectivity index (χ0v) is 18.5. The fourth-order valence-electron chi connectivity index (χ4n) is 5.85. The molecule has 3 heterocycles. The van der Waals surface area contributed by atoms with Crippen molar-refractivity contribution in [3.63, 3.8) is 0 Å². The largest absolute Gasteiger partial charge is 0.343 e. The highest BCUT2D eigenvalue weighted by atomic mass is 16.1. The summed E-state index contributed by atoms with van der Waals surface area (Å²) < 4.78 is 4.46. The third kappa shape index (κ3) is 3.36. The fraction of sp³-hybridized carbons (Fsp3) is 0.407. The Morgan fingerprint density at radius 1 is 0.875 bits per heavy atom. The molecule has 1 aliphatic carbocycles. The van der Waals surface area contributed by atoms with Crippen LogP contribution in [0.5, 0.6) is 0 Å². The average Bonchev–Trinajstić information content (AvgIpc) is 3.17. The second-order valence-electron chi connectivity index (χ2n) is 9.35. The minimum atomic E-state index is 0.0967. The molecular formula is C27H30N4O. The van der Waals surface area contributed by atoms with Crippen LogP contribution in [0.25, 0.3) is 21.8 Å². The predicted octanol–water partition coefficient (Wildman–Crippen LogP) is 4.57. The minimum absolute atomic E-state index is 0.0967. The molecule has 5 nitrogen and oxygen atoms in total. The van der Waals surface area contributed by atoms with E-state index in [4.69, 9.17) is 0 Å². The van der Waals surface area contributed by atoms with Gasteiger partial charge in [0.25, 0.3) is 5.56 Å². The Morgan fingerprint density at radius 3 is 2.50 bits per heavy atom. The SMILES string of the molecule is O=c1c2ccccc2ncn1C1CCN(CCn2c3c(c4ccccc42)CCCC3)CC1. The third-order valence-corrected chi connectivity index (χ3v) is 7.57. The number of aryl methyl sites for hydroxylation is 1. The topological polar surface area (TPSA) is 43.1 Å². The van der Waals surface area contributed by atoms with E-state index in [1.54, 1.807) is 17.6 Å². The quantitative estimate of drug-likeness (QED) is 0.480.